The number of carbonyl (C=O) groups excluding carboxylic acids is 1. The van der Waals surface area contributed by atoms with E-state index in [0.717, 1.165) is 11.3 Å². The van der Waals surface area contributed by atoms with Crippen LogP contribution in [0.1, 0.15) is 22.8 Å². The largest absolute Gasteiger partial charge is 0.332 e. The predicted octanol–water partition coefficient (Wildman–Crippen LogP) is 3.40. The molecule has 0 radical (unpaired) electrons. The van der Waals surface area contributed by atoms with E-state index >= 15 is 0 Å². The Hall–Kier alpha value is -2.27. The van der Waals surface area contributed by atoms with Crippen molar-refractivity contribution in [2.24, 2.45) is 0 Å². The third-order valence-corrected chi connectivity index (χ3v) is 2.97. The highest BCUT2D eigenvalue weighted by Gasteiger charge is 2.04. The molecule has 0 atom stereocenters. The molecule has 102 valence electrons. The third-order valence-electron chi connectivity index (χ3n) is 2.77. The molecule has 0 unspecified atom stereocenters. The minimum Gasteiger partial charge on any atom is -0.332 e. The average molecular weight is 285 g/mol. The van der Waals surface area contributed by atoms with Gasteiger partial charge in [0.05, 0.1) is 0 Å². The summed E-state index contributed by atoms with van der Waals surface area (Å²) in [4.78, 5) is 15.5. The number of thiocarbonyl (C=S) groups is 1. The van der Waals surface area contributed by atoms with Gasteiger partial charge in [-0.15, -0.1) is 0 Å². The molecular formula is C15H15N3OS. The molecule has 5 heteroatoms. The summed E-state index contributed by atoms with van der Waals surface area (Å²) in [7, 11) is 0. The summed E-state index contributed by atoms with van der Waals surface area (Å²) in [6.07, 6.45) is 1.70. The van der Waals surface area contributed by atoms with Crippen LogP contribution >= 0.6 is 12.2 Å². The highest BCUT2D eigenvalue weighted by Crippen LogP contribution is 2.13. The van der Waals surface area contributed by atoms with Crippen LogP contribution in [0.15, 0.2) is 42.6 Å². The fourth-order valence-corrected chi connectivity index (χ4v) is 1.92. The van der Waals surface area contributed by atoms with E-state index in [1.807, 2.05) is 31.2 Å². The van der Waals surface area contributed by atoms with Gasteiger partial charge in [-0.05, 0) is 49.8 Å². The Morgan fingerprint density at radius 1 is 1.20 bits per heavy atom. The summed E-state index contributed by atoms with van der Waals surface area (Å²) in [5.74, 6) is 0.737. The standard InChI is InChI=1S/C15H15N3OS/c1-10-5-4-8-16-14(10)18-15(20)17-13-7-3-6-12(9-13)11(2)19/h3-9H,1-2H3,(H2,16,17,18,20). The van der Waals surface area contributed by atoms with Crippen LogP contribution in [0, 0.1) is 6.92 Å². The van der Waals surface area contributed by atoms with Crippen molar-refractivity contribution >= 4 is 34.6 Å². The van der Waals surface area contributed by atoms with Gasteiger partial charge in [0.2, 0.25) is 0 Å². The molecule has 0 saturated heterocycles. The summed E-state index contributed by atoms with van der Waals surface area (Å²) >= 11 is 5.24. The first-order valence-electron chi connectivity index (χ1n) is 6.17. The van der Waals surface area contributed by atoms with Gasteiger partial charge in [-0.2, -0.15) is 0 Å². The maximum Gasteiger partial charge on any atom is 0.176 e. The van der Waals surface area contributed by atoms with E-state index in [1.165, 1.54) is 6.92 Å². The first kappa shape index (κ1) is 14.1. The zero-order valence-corrected chi connectivity index (χ0v) is 12.1. The zero-order valence-electron chi connectivity index (χ0n) is 11.3. The van der Waals surface area contributed by atoms with Crippen molar-refractivity contribution in [3.05, 3.63) is 53.7 Å². The highest BCUT2D eigenvalue weighted by molar-refractivity contribution is 7.80. The summed E-state index contributed by atoms with van der Waals surface area (Å²) < 4.78 is 0. The van der Waals surface area contributed by atoms with Crippen LogP contribution in [-0.4, -0.2) is 15.9 Å². The lowest BCUT2D eigenvalue weighted by Gasteiger charge is -2.11. The number of anilines is 2. The van der Waals surface area contributed by atoms with Crippen LogP contribution in [0.25, 0.3) is 0 Å². The third kappa shape index (κ3) is 3.61. The molecule has 0 amide bonds. The number of hydrogen-bond donors (Lipinski definition) is 2. The second-order valence-corrected chi connectivity index (χ2v) is 4.79. The second-order valence-electron chi connectivity index (χ2n) is 4.39. The Bertz CT molecular complexity index is 655. The molecule has 1 heterocycles. The van der Waals surface area contributed by atoms with Crippen LogP contribution in [0.5, 0.6) is 0 Å². The number of nitrogens with zero attached hydrogens (tertiary/aromatic N) is 1. The van der Waals surface area contributed by atoms with Crippen LogP contribution in [0.2, 0.25) is 0 Å². The zero-order chi connectivity index (χ0) is 14.5. The molecule has 2 aromatic rings. The Balaban J connectivity index is 2.07. The predicted molar refractivity (Wildman–Crippen MR) is 85.3 cm³/mol. The van der Waals surface area contributed by atoms with Crippen molar-refractivity contribution in [3.8, 4) is 0 Å². The maximum absolute atomic E-state index is 11.3. The van der Waals surface area contributed by atoms with Crippen molar-refractivity contribution in [2.75, 3.05) is 10.6 Å². The summed E-state index contributed by atoms with van der Waals surface area (Å²) in [5, 5.41) is 6.51. The van der Waals surface area contributed by atoms with E-state index in [9.17, 15) is 4.79 Å². The average Bonchev–Trinajstić information content (AvgIpc) is 2.41. The Kier molecular flexibility index (Phi) is 4.42. The van der Waals surface area contributed by atoms with Gasteiger partial charge in [0, 0.05) is 17.4 Å². The highest BCUT2D eigenvalue weighted by atomic mass is 32.1. The first-order chi connectivity index (χ1) is 9.56. The lowest BCUT2D eigenvalue weighted by Crippen LogP contribution is -2.20. The normalized spacial score (nSPS) is 9.90. The van der Waals surface area contributed by atoms with Crippen molar-refractivity contribution in [1.82, 2.24) is 4.98 Å². The molecule has 0 spiro atoms. The van der Waals surface area contributed by atoms with Gasteiger partial charge >= 0.3 is 0 Å². The van der Waals surface area contributed by atoms with Crippen molar-refractivity contribution in [2.45, 2.75) is 13.8 Å². The Morgan fingerprint density at radius 2 is 2.00 bits per heavy atom. The second kappa shape index (κ2) is 6.25. The van der Waals surface area contributed by atoms with Crippen molar-refractivity contribution < 1.29 is 4.79 Å². The van der Waals surface area contributed by atoms with E-state index in [2.05, 4.69) is 15.6 Å². The summed E-state index contributed by atoms with van der Waals surface area (Å²) in [6, 6.07) is 11.0. The fraction of sp³-hybridized carbons (Fsp3) is 0.133. The van der Waals surface area contributed by atoms with Gasteiger partial charge in [-0.3, -0.25) is 4.79 Å². The Morgan fingerprint density at radius 3 is 2.70 bits per heavy atom. The van der Waals surface area contributed by atoms with E-state index in [0.29, 0.717) is 16.5 Å². The molecule has 20 heavy (non-hydrogen) atoms. The molecule has 1 aromatic heterocycles. The smallest absolute Gasteiger partial charge is 0.176 e. The quantitative estimate of drug-likeness (QED) is 0.668. The molecule has 0 aliphatic heterocycles. The number of aryl methyl sites for hydroxylation is 1. The minimum atomic E-state index is 0.0214. The molecule has 0 aliphatic rings. The number of rotatable bonds is 3. The van der Waals surface area contributed by atoms with Gasteiger partial charge in [0.25, 0.3) is 0 Å². The van der Waals surface area contributed by atoms with Gasteiger partial charge in [0.15, 0.2) is 10.9 Å². The van der Waals surface area contributed by atoms with Gasteiger partial charge < -0.3 is 10.6 Å². The molecule has 0 aliphatic carbocycles. The molecule has 0 fully saturated rings. The minimum absolute atomic E-state index is 0.0214. The summed E-state index contributed by atoms with van der Waals surface area (Å²) in [5.41, 5.74) is 2.42. The number of benzene rings is 1. The first-order valence-corrected chi connectivity index (χ1v) is 6.58. The van der Waals surface area contributed by atoms with E-state index in [-0.39, 0.29) is 5.78 Å². The number of carbonyl (C=O) groups is 1. The number of Topliss-reactive ketones (excluding diaryl/α,β-unsaturated/α-hetero) is 1. The molecular weight excluding hydrogens is 270 g/mol. The maximum atomic E-state index is 11.3. The van der Waals surface area contributed by atoms with Crippen molar-refractivity contribution in [3.63, 3.8) is 0 Å². The molecule has 2 rings (SSSR count). The molecule has 4 nitrogen and oxygen atoms in total. The van der Waals surface area contributed by atoms with Gasteiger partial charge in [0.1, 0.15) is 5.82 Å². The number of aromatic nitrogens is 1. The van der Waals surface area contributed by atoms with Gasteiger partial charge in [-0.25, -0.2) is 4.98 Å². The fourth-order valence-electron chi connectivity index (χ4n) is 1.70. The molecule has 1 aromatic carbocycles. The number of pyridine rings is 1. The number of nitrogens with one attached hydrogen (secondary N) is 2. The van der Waals surface area contributed by atoms with Crippen LogP contribution in [-0.2, 0) is 0 Å². The van der Waals surface area contributed by atoms with Crippen molar-refractivity contribution in [1.29, 1.82) is 0 Å². The van der Waals surface area contributed by atoms with Crippen LogP contribution < -0.4 is 10.6 Å². The summed E-state index contributed by atoms with van der Waals surface area (Å²) in [6.45, 7) is 3.49. The van der Waals surface area contributed by atoms with Crippen LogP contribution in [0.4, 0.5) is 11.5 Å². The molecule has 2 N–H and O–H groups in total. The van der Waals surface area contributed by atoms with Gasteiger partial charge in [-0.1, -0.05) is 18.2 Å². The van der Waals surface area contributed by atoms with Crippen LogP contribution in [0.3, 0.4) is 0 Å². The SMILES string of the molecule is CC(=O)c1cccc(NC(=S)Nc2ncccc2C)c1. The monoisotopic (exact) mass is 285 g/mol. The Labute approximate surface area is 123 Å². The number of ketones is 1. The molecule has 0 bridgehead atoms. The van der Waals surface area contributed by atoms with E-state index in [4.69, 9.17) is 12.2 Å². The topological polar surface area (TPSA) is 54.0 Å². The lowest BCUT2D eigenvalue weighted by molar-refractivity contribution is 0.101. The lowest BCUT2D eigenvalue weighted by atomic mass is 10.1. The molecule has 0 saturated carbocycles. The number of hydrogen-bond acceptors (Lipinski definition) is 3. The van der Waals surface area contributed by atoms with E-state index in [1.54, 1.807) is 18.3 Å². The van der Waals surface area contributed by atoms with E-state index < -0.39 is 0 Å².